The molecule has 1 unspecified atom stereocenters. The second kappa shape index (κ2) is 6.63. The average Bonchev–Trinajstić information content (AvgIpc) is 2.46. The fourth-order valence-electron chi connectivity index (χ4n) is 1.92. The molecule has 0 fully saturated rings. The van der Waals surface area contributed by atoms with Crippen molar-refractivity contribution in [3.8, 4) is 5.75 Å². The molecule has 112 valence electrons. The Balaban J connectivity index is 1.85. The first-order valence-corrected chi connectivity index (χ1v) is 6.55. The molecular formula is C16H16F3NO. The molecule has 0 aromatic heterocycles. The van der Waals surface area contributed by atoms with E-state index in [2.05, 4.69) is 0 Å². The van der Waals surface area contributed by atoms with Gasteiger partial charge in [-0.3, -0.25) is 0 Å². The highest BCUT2D eigenvalue weighted by Crippen LogP contribution is 2.30. The van der Waals surface area contributed by atoms with E-state index in [9.17, 15) is 13.2 Å². The van der Waals surface area contributed by atoms with Crippen molar-refractivity contribution in [3.05, 3.63) is 65.7 Å². The number of benzene rings is 2. The van der Waals surface area contributed by atoms with Gasteiger partial charge in [0.1, 0.15) is 12.4 Å². The summed E-state index contributed by atoms with van der Waals surface area (Å²) < 4.78 is 42.7. The molecule has 2 aromatic rings. The van der Waals surface area contributed by atoms with Gasteiger partial charge in [-0.25, -0.2) is 0 Å². The molecule has 0 amide bonds. The van der Waals surface area contributed by atoms with E-state index in [0.29, 0.717) is 12.2 Å². The molecule has 2 rings (SSSR count). The van der Waals surface area contributed by atoms with Gasteiger partial charge in [-0.1, -0.05) is 30.3 Å². The fourth-order valence-corrected chi connectivity index (χ4v) is 1.92. The number of rotatable bonds is 5. The van der Waals surface area contributed by atoms with Crippen LogP contribution in [0.25, 0.3) is 0 Å². The first-order valence-electron chi connectivity index (χ1n) is 6.55. The van der Waals surface area contributed by atoms with Crippen molar-refractivity contribution >= 4 is 0 Å². The second-order valence-electron chi connectivity index (χ2n) is 4.78. The molecule has 2 nitrogen and oxygen atoms in total. The summed E-state index contributed by atoms with van der Waals surface area (Å²) in [6.07, 6.45) is -3.68. The second-order valence-corrected chi connectivity index (χ2v) is 4.78. The minimum atomic E-state index is -4.33. The van der Waals surface area contributed by atoms with Gasteiger partial charge in [-0.05, 0) is 36.2 Å². The highest BCUT2D eigenvalue weighted by Gasteiger charge is 2.30. The van der Waals surface area contributed by atoms with Gasteiger partial charge in [-0.15, -0.1) is 0 Å². The predicted molar refractivity (Wildman–Crippen MR) is 75.1 cm³/mol. The Hall–Kier alpha value is -2.01. The lowest BCUT2D eigenvalue weighted by Crippen LogP contribution is -2.30. The highest BCUT2D eigenvalue weighted by atomic mass is 19.4. The molecule has 2 N–H and O–H groups in total. The molecule has 0 saturated heterocycles. The summed E-state index contributed by atoms with van der Waals surface area (Å²) >= 11 is 0. The normalized spacial score (nSPS) is 13.0. The SMILES string of the molecule is NC(COc1ccc(C(F)(F)F)cc1)Cc1ccccc1. The third kappa shape index (κ3) is 4.79. The number of hydrogen-bond acceptors (Lipinski definition) is 2. The van der Waals surface area contributed by atoms with Gasteiger partial charge in [0.2, 0.25) is 0 Å². The molecule has 5 heteroatoms. The largest absolute Gasteiger partial charge is 0.492 e. The first kappa shape index (κ1) is 15.4. The molecular weight excluding hydrogens is 279 g/mol. The Bertz CT molecular complexity index is 552. The van der Waals surface area contributed by atoms with E-state index in [1.54, 1.807) is 0 Å². The monoisotopic (exact) mass is 295 g/mol. The maximum atomic E-state index is 12.4. The maximum Gasteiger partial charge on any atom is 0.416 e. The zero-order valence-corrected chi connectivity index (χ0v) is 11.3. The van der Waals surface area contributed by atoms with E-state index in [4.69, 9.17) is 10.5 Å². The van der Waals surface area contributed by atoms with Crippen LogP contribution in [0, 0.1) is 0 Å². The van der Waals surface area contributed by atoms with Crippen LogP contribution in [0.3, 0.4) is 0 Å². The number of hydrogen-bond donors (Lipinski definition) is 1. The number of halogens is 3. The molecule has 0 aliphatic carbocycles. The topological polar surface area (TPSA) is 35.2 Å². The quantitative estimate of drug-likeness (QED) is 0.913. The molecule has 1 atom stereocenters. The van der Waals surface area contributed by atoms with Crippen LogP contribution in [0.15, 0.2) is 54.6 Å². The van der Waals surface area contributed by atoms with E-state index in [1.807, 2.05) is 30.3 Å². The van der Waals surface area contributed by atoms with E-state index < -0.39 is 11.7 Å². The number of nitrogens with two attached hydrogens (primary N) is 1. The molecule has 0 aliphatic rings. The summed E-state index contributed by atoms with van der Waals surface area (Å²) in [4.78, 5) is 0. The fraction of sp³-hybridized carbons (Fsp3) is 0.250. The van der Waals surface area contributed by atoms with Crippen molar-refractivity contribution in [3.63, 3.8) is 0 Å². The molecule has 0 radical (unpaired) electrons. The van der Waals surface area contributed by atoms with Crippen molar-refractivity contribution in [1.29, 1.82) is 0 Å². The maximum absolute atomic E-state index is 12.4. The standard InChI is InChI=1S/C16H16F3NO/c17-16(18,19)13-6-8-15(9-7-13)21-11-14(20)10-12-4-2-1-3-5-12/h1-9,14H,10-11,20H2. The van der Waals surface area contributed by atoms with Crippen molar-refractivity contribution in [1.82, 2.24) is 0 Å². The molecule has 0 aliphatic heterocycles. The molecule has 0 bridgehead atoms. The smallest absolute Gasteiger partial charge is 0.416 e. The Labute approximate surface area is 121 Å². The van der Waals surface area contributed by atoms with Crippen molar-refractivity contribution in [2.45, 2.75) is 18.6 Å². The van der Waals surface area contributed by atoms with Crippen molar-refractivity contribution < 1.29 is 17.9 Å². The van der Waals surface area contributed by atoms with Crippen LogP contribution in [0.1, 0.15) is 11.1 Å². The average molecular weight is 295 g/mol. The van der Waals surface area contributed by atoms with Crippen LogP contribution in [0.2, 0.25) is 0 Å². The Morgan fingerprint density at radius 1 is 0.952 bits per heavy atom. The van der Waals surface area contributed by atoms with Gasteiger partial charge in [0.05, 0.1) is 5.56 Å². The lowest BCUT2D eigenvalue weighted by atomic mass is 10.1. The van der Waals surface area contributed by atoms with Crippen LogP contribution < -0.4 is 10.5 Å². The molecule has 0 spiro atoms. The van der Waals surface area contributed by atoms with Crippen molar-refractivity contribution in [2.24, 2.45) is 5.73 Å². The van der Waals surface area contributed by atoms with Crippen LogP contribution in [0.5, 0.6) is 5.75 Å². The van der Waals surface area contributed by atoms with Crippen LogP contribution in [-0.2, 0) is 12.6 Å². The van der Waals surface area contributed by atoms with E-state index >= 15 is 0 Å². The summed E-state index contributed by atoms with van der Waals surface area (Å²) in [5.41, 5.74) is 6.35. The van der Waals surface area contributed by atoms with Gasteiger partial charge in [0.15, 0.2) is 0 Å². The Morgan fingerprint density at radius 3 is 2.14 bits per heavy atom. The summed E-state index contributed by atoms with van der Waals surface area (Å²) in [6, 6.07) is 14.1. The summed E-state index contributed by atoms with van der Waals surface area (Å²) in [5, 5.41) is 0. The lowest BCUT2D eigenvalue weighted by molar-refractivity contribution is -0.137. The van der Waals surface area contributed by atoms with E-state index in [0.717, 1.165) is 17.7 Å². The van der Waals surface area contributed by atoms with Crippen LogP contribution >= 0.6 is 0 Å². The highest BCUT2D eigenvalue weighted by molar-refractivity contribution is 5.29. The summed E-state index contributed by atoms with van der Waals surface area (Å²) in [5.74, 6) is 0.381. The lowest BCUT2D eigenvalue weighted by Gasteiger charge is -2.14. The Morgan fingerprint density at radius 2 is 1.57 bits per heavy atom. The first-order chi connectivity index (χ1) is 9.95. The van der Waals surface area contributed by atoms with Gasteiger partial charge in [0, 0.05) is 6.04 Å². The zero-order chi connectivity index (χ0) is 15.3. The molecule has 21 heavy (non-hydrogen) atoms. The minimum absolute atomic E-state index is 0.213. The van der Waals surface area contributed by atoms with Gasteiger partial charge >= 0.3 is 6.18 Å². The molecule has 0 heterocycles. The third-order valence-electron chi connectivity index (χ3n) is 2.99. The molecule has 0 saturated carbocycles. The van der Waals surface area contributed by atoms with E-state index in [1.165, 1.54) is 12.1 Å². The van der Waals surface area contributed by atoms with Gasteiger partial charge < -0.3 is 10.5 Å². The summed E-state index contributed by atoms with van der Waals surface area (Å²) in [7, 11) is 0. The summed E-state index contributed by atoms with van der Waals surface area (Å²) in [6.45, 7) is 0.250. The van der Waals surface area contributed by atoms with E-state index in [-0.39, 0.29) is 12.6 Å². The molecule has 2 aromatic carbocycles. The van der Waals surface area contributed by atoms with Crippen molar-refractivity contribution in [2.75, 3.05) is 6.61 Å². The van der Waals surface area contributed by atoms with Crippen LogP contribution in [0.4, 0.5) is 13.2 Å². The predicted octanol–water partition coefficient (Wildman–Crippen LogP) is 3.65. The van der Waals surface area contributed by atoms with Gasteiger partial charge in [0.25, 0.3) is 0 Å². The Kier molecular flexibility index (Phi) is 4.85. The van der Waals surface area contributed by atoms with Crippen LogP contribution in [-0.4, -0.2) is 12.6 Å². The zero-order valence-electron chi connectivity index (χ0n) is 11.3. The number of alkyl halides is 3. The number of ether oxygens (including phenoxy) is 1. The van der Waals surface area contributed by atoms with Gasteiger partial charge in [-0.2, -0.15) is 13.2 Å². The minimum Gasteiger partial charge on any atom is -0.492 e. The third-order valence-corrected chi connectivity index (χ3v) is 2.99.